The van der Waals surface area contributed by atoms with Crippen molar-refractivity contribution < 1.29 is 73.3 Å². The van der Waals surface area contributed by atoms with Gasteiger partial charge in [-0.2, -0.15) is 0 Å². The molecule has 0 bridgehead atoms. The zero-order chi connectivity index (χ0) is 52.1. The number of ether oxygens (including phenoxy) is 8. The normalized spacial score (nSPS) is 47.3. The van der Waals surface area contributed by atoms with E-state index in [2.05, 4.69) is 21.3 Å². The number of aliphatic hydroxyl groups excluding tert-OH is 4. The zero-order valence-corrected chi connectivity index (χ0v) is 42.2. The molecule has 22 N–H and O–H groups in total. The Balaban J connectivity index is 0.996. The minimum Gasteiger partial charge on any atom is -0.388 e. The first-order valence-electron chi connectivity index (χ1n) is 25.4. The zero-order valence-electron chi connectivity index (χ0n) is 42.2. The number of hydrogen-bond acceptors (Lipinski definition) is 25. The van der Waals surface area contributed by atoms with E-state index in [0.29, 0.717) is 32.2 Å². The van der Waals surface area contributed by atoms with Crippen LogP contribution in [0.5, 0.6) is 0 Å². The van der Waals surface area contributed by atoms with Crippen LogP contribution in [0.25, 0.3) is 0 Å². The molecular weight excluding hydrogens is 935 g/mol. The van der Waals surface area contributed by atoms with Gasteiger partial charge < -0.3 is 124 Å². The maximum absolute atomic E-state index is 13.2. The number of carbonyl (C=O) groups excluding carboxylic acids is 1. The summed E-state index contributed by atoms with van der Waals surface area (Å²) < 4.78 is 48.9. The van der Waals surface area contributed by atoms with Crippen LogP contribution in [0, 0.1) is 0 Å². The van der Waals surface area contributed by atoms with E-state index in [-0.39, 0.29) is 82.3 Å². The smallest absolute Gasteiger partial charge is 0.221 e. The predicted octanol–water partition coefficient (Wildman–Crippen LogP) is -7.44. The van der Waals surface area contributed by atoms with Crippen molar-refractivity contribution in [3.63, 3.8) is 0 Å². The molecule has 0 aromatic heterocycles. The Kier molecular flexibility index (Phi) is 21.2. The Morgan fingerprint density at radius 3 is 1.79 bits per heavy atom. The Labute approximate surface area is 417 Å². The second-order valence-electron chi connectivity index (χ2n) is 21.2. The van der Waals surface area contributed by atoms with Gasteiger partial charge in [-0.15, -0.1) is 0 Å². The Hall–Kier alpha value is -1.49. The summed E-state index contributed by atoms with van der Waals surface area (Å²) in [7, 11) is 5.12. The van der Waals surface area contributed by atoms with E-state index in [1.807, 2.05) is 14.0 Å². The number of aliphatic hydroxyl groups is 6. The molecule has 0 spiro atoms. The highest BCUT2D eigenvalue weighted by atomic mass is 16.7. The van der Waals surface area contributed by atoms with Gasteiger partial charge in [0, 0.05) is 62.8 Å². The number of likely N-dealkylation sites (N-methyl/N-ethyl adjacent to an activating group) is 3. The van der Waals surface area contributed by atoms with Crippen molar-refractivity contribution in [2.75, 3.05) is 60.5 Å². The summed E-state index contributed by atoms with van der Waals surface area (Å²) in [5.74, 6) is -0.281. The topological polar surface area (TPSA) is 420 Å². The van der Waals surface area contributed by atoms with Crippen LogP contribution in [-0.4, -0.2) is 254 Å². The summed E-state index contributed by atoms with van der Waals surface area (Å²) in [6.07, 6.45) is -11.1. The highest BCUT2D eigenvalue weighted by molar-refractivity contribution is 5.76. The molecule has 6 fully saturated rings. The Bertz CT molecular complexity index is 1660. The van der Waals surface area contributed by atoms with Gasteiger partial charge in [-0.05, 0) is 80.4 Å². The molecule has 2 aliphatic carbocycles. The largest absolute Gasteiger partial charge is 0.388 e. The van der Waals surface area contributed by atoms with Crippen molar-refractivity contribution in [3.8, 4) is 0 Å². The molecule has 0 radical (unpaired) electrons. The van der Waals surface area contributed by atoms with E-state index >= 15 is 0 Å². The van der Waals surface area contributed by atoms with Crippen LogP contribution in [0.15, 0.2) is 0 Å². The summed E-state index contributed by atoms with van der Waals surface area (Å²) in [4.78, 5) is 14.9. The van der Waals surface area contributed by atoms with Gasteiger partial charge in [-0.3, -0.25) is 9.69 Å². The van der Waals surface area contributed by atoms with Crippen LogP contribution in [-0.2, 0) is 42.7 Å². The standard InChI is InChI=1S/C45H89N11O15/c1-20(52-4)28-10-9-27(41(67-28)69-35-24(49)16-25(50)36(31(35)59)70-42-32(60)38(53-5)44(2,62)18-64-42)54-12-13-55-29(57)11-14-56(6)39-33(61)43(65-19-45(39,3)63)71-37-26(51)15-23(48)34(30(37)58)68-40-22(47)8-7-21(17-46)66-40/h20-28,30-43,52-54,58-63H,7-19,46-51H2,1-6H3,(H,55,57)/t20?,21-,22+,23-,24-,25+,26+,27?,28-,30-,31-,32+,33+,34?,35?,36?,37?,38+,39+,40?,41?,42?,43?,44-,45-/m0/s1. The lowest BCUT2D eigenvalue weighted by molar-refractivity contribution is -0.314. The maximum atomic E-state index is 13.2. The van der Waals surface area contributed by atoms with Gasteiger partial charge >= 0.3 is 0 Å². The molecule has 1 amide bonds. The molecule has 414 valence electrons. The molecule has 0 aromatic rings. The Morgan fingerprint density at radius 1 is 0.704 bits per heavy atom. The molecule has 2 saturated carbocycles. The fourth-order valence-electron chi connectivity index (χ4n) is 11.1. The van der Waals surface area contributed by atoms with Crippen molar-refractivity contribution in [1.29, 1.82) is 0 Å². The van der Waals surface area contributed by atoms with Gasteiger partial charge in [0.25, 0.3) is 0 Å². The van der Waals surface area contributed by atoms with Crippen molar-refractivity contribution in [2.45, 2.75) is 217 Å². The van der Waals surface area contributed by atoms with Crippen LogP contribution in [0.2, 0.25) is 0 Å². The number of nitrogens with two attached hydrogens (primary N) is 6. The van der Waals surface area contributed by atoms with Crippen molar-refractivity contribution >= 4 is 5.91 Å². The van der Waals surface area contributed by atoms with Gasteiger partial charge in [-0.1, -0.05) is 0 Å². The van der Waals surface area contributed by atoms with Gasteiger partial charge in [0.2, 0.25) is 5.91 Å². The lowest BCUT2D eigenvalue weighted by Crippen LogP contribution is -2.69. The first-order chi connectivity index (χ1) is 33.5. The monoisotopic (exact) mass is 1020 g/mol. The molecule has 6 rings (SSSR count). The molecule has 25 atom stereocenters. The molecule has 71 heavy (non-hydrogen) atoms. The quantitative estimate of drug-likeness (QED) is 0.0504. The summed E-state index contributed by atoms with van der Waals surface area (Å²) in [6, 6.07) is -5.43. The number of carbonyl (C=O) groups is 1. The maximum Gasteiger partial charge on any atom is 0.221 e. The summed E-state index contributed by atoms with van der Waals surface area (Å²) >= 11 is 0. The SMILES string of the molecule is CNC(C)[C@@H]1CCC(NCCNC(=O)CCN(C)[C@@H]2[C@@H](O)C(OC3[C@@H](O)C(OC4O[C@H](CN)CC[C@H]4N)[C@@H](N)C[C@H]3N)OC[C@]2(C)O)C(OC2[C@H](O)C(OC3OC[C@](C)(O)[C@H](NC)[C@H]3O)[C@H](N)C[C@@H]2N)O1. The minimum absolute atomic E-state index is 0.0181. The Morgan fingerprint density at radius 2 is 1.24 bits per heavy atom. The highest BCUT2D eigenvalue weighted by Crippen LogP contribution is 2.35. The molecule has 4 aliphatic heterocycles. The number of nitrogens with one attached hydrogen (secondary N) is 4. The first kappa shape index (κ1) is 58.8. The van der Waals surface area contributed by atoms with Gasteiger partial charge in [0.15, 0.2) is 25.2 Å². The first-order valence-corrected chi connectivity index (χ1v) is 25.4. The summed E-state index contributed by atoms with van der Waals surface area (Å²) in [5.41, 5.74) is 35.0. The van der Waals surface area contributed by atoms with E-state index in [1.54, 1.807) is 25.9 Å². The van der Waals surface area contributed by atoms with Crippen LogP contribution in [0.4, 0.5) is 0 Å². The van der Waals surface area contributed by atoms with Crippen LogP contribution in [0.3, 0.4) is 0 Å². The van der Waals surface area contributed by atoms with Crippen LogP contribution in [0.1, 0.15) is 65.7 Å². The third-order valence-corrected chi connectivity index (χ3v) is 15.4. The minimum atomic E-state index is -1.56. The molecule has 4 heterocycles. The lowest BCUT2D eigenvalue weighted by Gasteiger charge is -2.50. The molecule has 26 nitrogen and oxygen atoms in total. The van der Waals surface area contributed by atoms with E-state index in [1.165, 1.54) is 6.92 Å². The van der Waals surface area contributed by atoms with Gasteiger partial charge in [0.05, 0.1) is 49.6 Å². The molecular formula is C45H89N11O15. The molecule has 0 aromatic carbocycles. The summed E-state index contributed by atoms with van der Waals surface area (Å²) in [6.45, 7) is 5.69. The average molecular weight is 1020 g/mol. The van der Waals surface area contributed by atoms with E-state index < -0.39 is 127 Å². The third-order valence-electron chi connectivity index (χ3n) is 15.4. The summed E-state index contributed by atoms with van der Waals surface area (Å²) in [5, 5.41) is 80.5. The van der Waals surface area contributed by atoms with Crippen molar-refractivity contribution in [3.05, 3.63) is 0 Å². The second kappa shape index (κ2) is 25.6. The van der Waals surface area contributed by atoms with Crippen molar-refractivity contribution in [2.24, 2.45) is 34.4 Å². The molecule has 6 aliphatic rings. The number of rotatable bonds is 20. The van der Waals surface area contributed by atoms with E-state index in [9.17, 15) is 35.4 Å². The lowest BCUT2D eigenvalue weighted by atomic mass is 9.84. The van der Waals surface area contributed by atoms with E-state index in [4.69, 9.17) is 72.3 Å². The van der Waals surface area contributed by atoms with Crippen LogP contribution < -0.4 is 55.7 Å². The van der Waals surface area contributed by atoms with Gasteiger partial charge in [0.1, 0.15) is 60.0 Å². The predicted molar refractivity (Wildman–Crippen MR) is 255 cm³/mol. The fourth-order valence-corrected chi connectivity index (χ4v) is 11.1. The molecule has 10 unspecified atom stereocenters. The fraction of sp³-hybridized carbons (Fsp3) is 0.978. The second-order valence-corrected chi connectivity index (χ2v) is 21.2. The number of amides is 1. The van der Waals surface area contributed by atoms with E-state index in [0.717, 1.165) is 0 Å². The molecule has 26 heteroatoms. The number of hydrogen-bond donors (Lipinski definition) is 16. The number of nitrogens with zero attached hydrogens (tertiary/aromatic N) is 1. The average Bonchev–Trinajstić information content (AvgIpc) is 3.31. The highest BCUT2D eigenvalue weighted by Gasteiger charge is 2.54. The third kappa shape index (κ3) is 14.1. The van der Waals surface area contributed by atoms with Crippen molar-refractivity contribution in [1.82, 2.24) is 26.2 Å². The molecule has 4 saturated heterocycles. The van der Waals surface area contributed by atoms with Gasteiger partial charge in [-0.25, -0.2) is 0 Å². The van der Waals surface area contributed by atoms with Crippen LogP contribution >= 0.6 is 0 Å².